The van der Waals surface area contributed by atoms with Gasteiger partial charge in [0.15, 0.2) is 0 Å². The Labute approximate surface area is 182 Å². The molecule has 3 amide bonds. The molecule has 0 unspecified atom stereocenters. The molecule has 166 valence electrons. The van der Waals surface area contributed by atoms with Gasteiger partial charge in [-0.05, 0) is 50.1 Å². The maximum atomic E-state index is 12.3. The van der Waals surface area contributed by atoms with Gasteiger partial charge >= 0.3 is 6.09 Å². The molecule has 0 aliphatic heterocycles. The SMILES string of the molecule is COc1cccc(CC(=O)NCc2ccccc2NC(=O)CNC(=O)OC(C)(C)C)c1. The zero-order chi connectivity index (χ0) is 22.9. The number of alkyl carbamates (subject to hydrolysis) is 1. The average molecular weight is 428 g/mol. The quantitative estimate of drug-likeness (QED) is 0.601. The second-order valence-electron chi connectivity index (χ2n) is 7.87. The fraction of sp³-hybridized carbons (Fsp3) is 0.348. The summed E-state index contributed by atoms with van der Waals surface area (Å²) in [6.07, 6.45) is -0.452. The highest BCUT2D eigenvalue weighted by molar-refractivity contribution is 5.94. The van der Waals surface area contributed by atoms with Crippen LogP contribution in [0.3, 0.4) is 0 Å². The molecule has 2 rings (SSSR count). The van der Waals surface area contributed by atoms with Crippen molar-refractivity contribution in [1.82, 2.24) is 10.6 Å². The smallest absolute Gasteiger partial charge is 0.408 e. The van der Waals surface area contributed by atoms with E-state index in [-0.39, 0.29) is 25.4 Å². The van der Waals surface area contributed by atoms with E-state index < -0.39 is 17.6 Å². The van der Waals surface area contributed by atoms with E-state index in [1.165, 1.54) is 0 Å². The maximum absolute atomic E-state index is 12.3. The third kappa shape index (κ3) is 8.77. The topological polar surface area (TPSA) is 106 Å². The van der Waals surface area contributed by atoms with Crippen molar-refractivity contribution >= 4 is 23.6 Å². The van der Waals surface area contributed by atoms with Crippen molar-refractivity contribution in [2.75, 3.05) is 19.0 Å². The lowest BCUT2D eigenvalue weighted by atomic mass is 10.1. The molecule has 0 fully saturated rings. The first-order valence-corrected chi connectivity index (χ1v) is 9.90. The lowest BCUT2D eigenvalue weighted by Crippen LogP contribution is -2.37. The molecule has 0 spiro atoms. The third-order valence-electron chi connectivity index (χ3n) is 4.06. The lowest BCUT2D eigenvalue weighted by molar-refractivity contribution is -0.120. The van der Waals surface area contributed by atoms with Gasteiger partial charge < -0.3 is 25.4 Å². The molecule has 0 aromatic heterocycles. The maximum Gasteiger partial charge on any atom is 0.408 e. The number of carbonyl (C=O) groups is 3. The number of ether oxygens (including phenoxy) is 2. The zero-order valence-electron chi connectivity index (χ0n) is 18.3. The molecule has 0 bridgehead atoms. The van der Waals surface area contributed by atoms with Crippen molar-refractivity contribution in [2.45, 2.75) is 39.3 Å². The Hall–Kier alpha value is -3.55. The number of hydrogen-bond acceptors (Lipinski definition) is 5. The molecule has 31 heavy (non-hydrogen) atoms. The Morgan fingerprint density at radius 3 is 2.39 bits per heavy atom. The predicted molar refractivity (Wildman–Crippen MR) is 118 cm³/mol. The van der Waals surface area contributed by atoms with E-state index in [1.807, 2.05) is 36.4 Å². The van der Waals surface area contributed by atoms with Crippen molar-refractivity contribution in [1.29, 1.82) is 0 Å². The van der Waals surface area contributed by atoms with Crippen LogP contribution in [0.4, 0.5) is 10.5 Å². The van der Waals surface area contributed by atoms with Gasteiger partial charge in [0.05, 0.1) is 13.5 Å². The summed E-state index contributed by atoms with van der Waals surface area (Å²) in [7, 11) is 1.58. The summed E-state index contributed by atoms with van der Waals surface area (Å²) in [5.41, 5.74) is 1.50. The molecule has 0 saturated carbocycles. The zero-order valence-corrected chi connectivity index (χ0v) is 18.3. The second-order valence-corrected chi connectivity index (χ2v) is 7.87. The van der Waals surface area contributed by atoms with E-state index in [4.69, 9.17) is 9.47 Å². The molecule has 2 aromatic carbocycles. The van der Waals surface area contributed by atoms with Crippen molar-refractivity contribution in [3.63, 3.8) is 0 Å². The van der Waals surface area contributed by atoms with Gasteiger partial charge in [-0.15, -0.1) is 0 Å². The van der Waals surface area contributed by atoms with Crippen molar-refractivity contribution in [3.05, 3.63) is 59.7 Å². The summed E-state index contributed by atoms with van der Waals surface area (Å²) < 4.78 is 10.3. The minimum atomic E-state index is -0.666. The van der Waals surface area contributed by atoms with Crippen LogP contribution in [0.1, 0.15) is 31.9 Å². The van der Waals surface area contributed by atoms with Gasteiger partial charge in [0.2, 0.25) is 11.8 Å². The Bertz CT molecular complexity index is 921. The van der Waals surface area contributed by atoms with Crippen LogP contribution in [0.5, 0.6) is 5.75 Å². The van der Waals surface area contributed by atoms with E-state index >= 15 is 0 Å². The Balaban J connectivity index is 1.87. The molecule has 8 nitrogen and oxygen atoms in total. The number of methoxy groups -OCH3 is 1. The van der Waals surface area contributed by atoms with Crippen molar-refractivity contribution < 1.29 is 23.9 Å². The fourth-order valence-electron chi connectivity index (χ4n) is 2.68. The Morgan fingerprint density at radius 2 is 1.68 bits per heavy atom. The molecule has 3 N–H and O–H groups in total. The normalized spacial score (nSPS) is 10.7. The van der Waals surface area contributed by atoms with Crippen LogP contribution < -0.4 is 20.7 Å². The number of para-hydroxylation sites is 1. The van der Waals surface area contributed by atoms with Crippen LogP contribution in [0.25, 0.3) is 0 Å². The summed E-state index contributed by atoms with van der Waals surface area (Å²) in [4.78, 5) is 36.2. The van der Waals surface area contributed by atoms with Crippen LogP contribution in [-0.2, 0) is 27.3 Å². The molecular weight excluding hydrogens is 398 g/mol. The summed E-state index contributed by atoms with van der Waals surface area (Å²) in [5, 5.41) is 8.01. The largest absolute Gasteiger partial charge is 0.497 e. The van der Waals surface area contributed by atoms with E-state index in [9.17, 15) is 14.4 Å². The van der Waals surface area contributed by atoms with Gasteiger partial charge in [-0.1, -0.05) is 30.3 Å². The minimum absolute atomic E-state index is 0.152. The molecule has 0 radical (unpaired) electrons. The van der Waals surface area contributed by atoms with E-state index in [0.29, 0.717) is 11.4 Å². The summed E-state index contributed by atoms with van der Waals surface area (Å²) in [6.45, 7) is 5.24. The number of hydrogen-bond donors (Lipinski definition) is 3. The summed E-state index contributed by atoms with van der Waals surface area (Å²) in [5.74, 6) is 0.139. The number of amides is 3. The molecule has 0 atom stereocenters. The fourth-order valence-corrected chi connectivity index (χ4v) is 2.68. The first-order valence-electron chi connectivity index (χ1n) is 9.90. The standard InChI is InChI=1S/C23H29N3O5/c1-23(2,3)31-22(29)25-15-21(28)26-19-11-6-5-9-17(19)14-24-20(27)13-16-8-7-10-18(12-16)30-4/h5-12H,13-15H2,1-4H3,(H,24,27)(H,25,29)(H,26,28). The Kier molecular flexibility index (Phi) is 8.43. The number of anilines is 1. The highest BCUT2D eigenvalue weighted by Gasteiger charge is 2.17. The highest BCUT2D eigenvalue weighted by atomic mass is 16.6. The molecule has 0 aliphatic rings. The monoisotopic (exact) mass is 427 g/mol. The molecule has 0 saturated heterocycles. The van der Waals surface area contributed by atoms with E-state index in [1.54, 1.807) is 40.0 Å². The lowest BCUT2D eigenvalue weighted by Gasteiger charge is -2.19. The minimum Gasteiger partial charge on any atom is -0.497 e. The number of benzene rings is 2. The average Bonchev–Trinajstić information content (AvgIpc) is 2.70. The number of nitrogens with one attached hydrogen (secondary N) is 3. The second kappa shape index (κ2) is 11.0. The molecule has 2 aromatic rings. The van der Waals surface area contributed by atoms with Crippen LogP contribution in [0.2, 0.25) is 0 Å². The van der Waals surface area contributed by atoms with E-state index in [0.717, 1.165) is 11.1 Å². The first-order chi connectivity index (χ1) is 14.7. The summed E-state index contributed by atoms with van der Waals surface area (Å²) in [6, 6.07) is 14.4. The van der Waals surface area contributed by atoms with Crippen molar-refractivity contribution in [3.8, 4) is 5.75 Å². The van der Waals surface area contributed by atoms with Crippen LogP contribution in [0.15, 0.2) is 48.5 Å². The van der Waals surface area contributed by atoms with Gasteiger partial charge in [0.1, 0.15) is 17.9 Å². The van der Waals surface area contributed by atoms with Gasteiger partial charge in [-0.2, -0.15) is 0 Å². The van der Waals surface area contributed by atoms with Crippen LogP contribution in [-0.4, -0.2) is 37.2 Å². The molecule has 8 heteroatoms. The first kappa shape index (κ1) is 23.7. The van der Waals surface area contributed by atoms with Gasteiger partial charge in [-0.25, -0.2) is 4.79 Å². The van der Waals surface area contributed by atoms with Crippen LogP contribution in [0, 0.1) is 0 Å². The van der Waals surface area contributed by atoms with Crippen molar-refractivity contribution in [2.24, 2.45) is 0 Å². The number of rotatable bonds is 8. The highest BCUT2D eigenvalue weighted by Crippen LogP contribution is 2.16. The summed E-state index contributed by atoms with van der Waals surface area (Å²) >= 11 is 0. The van der Waals surface area contributed by atoms with Gasteiger partial charge in [-0.3, -0.25) is 9.59 Å². The molecular formula is C23H29N3O5. The number of carbonyl (C=O) groups excluding carboxylic acids is 3. The Morgan fingerprint density at radius 1 is 0.935 bits per heavy atom. The molecule has 0 aliphatic carbocycles. The van der Waals surface area contributed by atoms with E-state index in [2.05, 4.69) is 16.0 Å². The third-order valence-corrected chi connectivity index (χ3v) is 4.06. The van der Waals surface area contributed by atoms with Crippen LogP contribution >= 0.6 is 0 Å². The molecule has 0 heterocycles. The predicted octanol–water partition coefficient (Wildman–Crippen LogP) is 3.02. The van der Waals surface area contributed by atoms with Gasteiger partial charge in [0.25, 0.3) is 0 Å². The van der Waals surface area contributed by atoms with Gasteiger partial charge in [0, 0.05) is 12.2 Å².